The van der Waals surface area contributed by atoms with Crippen LogP contribution in [0.5, 0.6) is 6.01 Å². The first kappa shape index (κ1) is 29.3. The van der Waals surface area contributed by atoms with Gasteiger partial charge in [-0.25, -0.2) is 27.9 Å². The molecule has 14 heteroatoms. The molecule has 0 amide bonds. The molecule has 4 fully saturated rings. The lowest BCUT2D eigenvalue weighted by Gasteiger charge is -2.48. The standard InChI is InChI=1S/C33H32F4N8OS/c1-16-12-20-22-25(23(35)24(40-20)17-4-5-19(34)26-21(17)18(13-38)28(39)47-26)41-30(46-15-31-6-2-10-44(31)11-3-7-31)42-29(22)45-14-32(36)8-9-33(37,43-32)27(16)45/h4-5,16,27,43H,2-3,6-12,14-15,39H2,1H3/t16-,27-,32+,33-/m0/s1. The molecule has 0 aliphatic carbocycles. The number of nitrogens with one attached hydrogen (secondary N) is 1. The average Bonchev–Trinajstić information content (AvgIpc) is 3.75. The first-order chi connectivity index (χ1) is 22.5. The van der Waals surface area contributed by atoms with Gasteiger partial charge in [-0.1, -0.05) is 6.92 Å². The number of hydrogen-bond donors (Lipinski definition) is 2. The number of nitrogen functional groups attached to an aromatic ring is 1. The minimum absolute atomic E-state index is 0.00310. The Bertz CT molecular complexity index is 2040. The van der Waals surface area contributed by atoms with Gasteiger partial charge in [0.05, 0.1) is 39.5 Å². The number of ether oxygens (including phenoxy) is 1. The third kappa shape index (κ3) is 4.09. The number of aromatic nitrogens is 3. The van der Waals surface area contributed by atoms with Gasteiger partial charge in [0.25, 0.3) is 0 Å². The highest BCUT2D eigenvalue weighted by Gasteiger charge is 2.62. The monoisotopic (exact) mass is 664 g/mol. The maximum absolute atomic E-state index is 17.1. The van der Waals surface area contributed by atoms with Crippen molar-refractivity contribution in [1.82, 2.24) is 25.2 Å². The number of nitriles is 1. The normalized spacial score (nSPS) is 29.2. The second kappa shape index (κ2) is 9.87. The highest BCUT2D eigenvalue weighted by molar-refractivity contribution is 7.23. The molecule has 244 valence electrons. The zero-order valence-electron chi connectivity index (χ0n) is 25.7. The lowest BCUT2D eigenvalue weighted by atomic mass is 9.87. The van der Waals surface area contributed by atoms with Gasteiger partial charge in [0.15, 0.2) is 17.4 Å². The van der Waals surface area contributed by atoms with Crippen molar-refractivity contribution >= 4 is 43.1 Å². The fourth-order valence-electron chi connectivity index (χ4n) is 9.18. The second-order valence-electron chi connectivity index (χ2n) is 13.9. The van der Waals surface area contributed by atoms with Crippen molar-refractivity contribution in [3.05, 3.63) is 35.0 Å². The molecular weight excluding hydrogens is 632 g/mol. The molecule has 4 atom stereocenters. The number of alkyl halides is 2. The Labute approximate surface area is 271 Å². The molecule has 9 rings (SSSR count). The van der Waals surface area contributed by atoms with Crippen LogP contribution >= 0.6 is 11.3 Å². The maximum atomic E-state index is 17.1. The predicted octanol–water partition coefficient (Wildman–Crippen LogP) is 5.74. The summed E-state index contributed by atoms with van der Waals surface area (Å²) in [5, 5.41) is 13.1. The minimum atomic E-state index is -2.04. The molecule has 4 saturated heterocycles. The third-order valence-electron chi connectivity index (χ3n) is 11.2. The topological polar surface area (TPSA) is 116 Å². The summed E-state index contributed by atoms with van der Waals surface area (Å²) in [6.07, 6.45) is 4.26. The van der Waals surface area contributed by atoms with Gasteiger partial charge in [-0.3, -0.25) is 4.90 Å². The van der Waals surface area contributed by atoms with Gasteiger partial charge >= 0.3 is 6.01 Å². The number of halogens is 4. The van der Waals surface area contributed by atoms with Gasteiger partial charge in [0.2, 0.25) is 0 Å². The Morgan fingerprint density at radius 3 is 2.66 bits per heavy atom. The van der Waals surface area contributed by atoms with Crippen LogP contribution in [-0.4, -0.2) is 69.3 Å². The van der Waals surface area contributed by atoms with Gasteiger partial charge < -0.3 is 15.4 Å². The minimum Gasteiger partial charge on any atom is -0.461 e. The zero-order valence-corrected chi connectivity index (χ0v) is 26.5. The van der Waals surface area contributed by atoms with Crippen molar-refractivity contribution in [3.63, 3.8) is 0 Å². The quantitative estimate of drug-likeness (QED) is 0.208. The fourth-order valence-corrected chi connectivity index (χ4v) is 10.1. The van der Waals surface area contributed by atoms with Crippen molar-refractivity contribution in [2.45, 2.75) is 75.0 Å². The molecule has 0 radical (unpaired) electrons. The number of anilines is 2. The summed E-state index contributed by atoms with van der Waals surface area (Å²) in [5.41, 5.74) is 6.34. The van der Waals surface area contributed by atoms with Crippen LogP contribution in [0.3, 0.4) is 0 Å². The molecule has 5 aliphatic rings. The van der Waals surface area contributed by atoms with E-state index in [0.29, 0.717) is 12.3 Å². The van der Waals surface area contributed by atoms with E-state index in [4.69, 9.17) is 20.4 Å². The van der Waals surface area contributed by atoms with Crippen LogP contribution in [0.4, 0.5) is 28.4 Å². The predicted molar refractivity (Wildman–Crippen MR) is 170 cm³/mol. The number of benzene rings is 1. The van der Waals surface area contributed by atoms with Crippen molar-refractivity contribution in [3.8, 4) is 23.3 Å². The number of fused-ring (bicyclic) bond motifs is 7. The Balaban J connectivity index is 1.27. The molecule has 2 bridgehead atoms. The zero-order chi connectivity index (χ0) is 32.5. The lowest BCUT2D eigenvalue weighted by molar-refractivity contribution is -0.00286. The van der Waals surface area contributed by atoms with Crippen LogP contribution < -0.4 is 20.7 Å². The summed E-state index contributed by atoms with van der Waals surface area (Å²) >= 11 is 0.913. The van der Waals surface area contributed by atoms with Crippen molar-refractivity contribution in [2.75, 3.05) is 36.9 Å². The Morgan fingerprint density at radius 2 is 1.89 bits per heavy atom. The molecule has 5 aliphatic heterocycles. The van der Waals surface area contributed by atoms with Crippen molar-refractivity contribution in [1.29, 1.82) is 5.26 Å². The second-order valence-corrected chi connectivity index (χ2v) is 15.0. The average molecular weight is 665 g/mol. The molecule has 0 spiro atoms. The first-order valence-electron chi connectivity index (χ1n) is 16.2. The van der Waals surface area contributed by atoms with Gasteiger partial charge in [-0.05, 0) is 63.2 Å². The highest BCUT2D eigenvalue weighted by atomic mass is 32.1. The van der Waals surface area contributed by atoms with Gasteiger partial charge in [-0.15, -0.1) is 11.3 Å². The molecule has 3 N–H and O–H groups in total. The van der Waals surface area contributed by atoms with Crippen molar-refractivity contribution in [2.24, 2.45) is 5.92 Å². The van der Waals surface area contributed by atoms with Crippen LogP contribution in [0.15, 0.2) is 12.1 Å². The summed E-state index contributed by atoms with van der Waals surface area (Å²) in [4.78, 5) is 18.2. The van der Waals surface area contributed by atoms with E-state index in [1.165, 1.54) is 12.1 Å². The van der Waals surface area contributed by atoms with Crippen LogP contribution in [-0.2, 0) is 6.42 Å². The largest absolute Gasteiger partial charge is 0.461 e. The summed E-state index contributed by atoms with van der Waals surface area (Å²) < 4.78 is 71.0. The Kier molecular flexibility index (Phi) is 6.16. The van der Waals surface area contributed by atoms with E-state index in [1.54, 1.807) is 4.90 Å². The highest BCUT2D eigenvalue weighted by Crippen LogP contribution is 2.51. The van der Waals surface area contributed by atoms with E-state index in [-0.39, 0.29) is 86.0 Å². The van der Waals surface area contributed by atoms with Crippen LogP contribution in [0.1, 0.15) is 56.7 Å². The van der Waals surface area contributed by atoms with E-state index in [1.807, 2.05) is 13.0 Å². The number of hydrogen-bond acceptors (Lipinski definition) is 10. The van der Waals surface area contributed by atoms with Crippen LogP contribution in [0.25, 0.3) is 32.2 Å². The van der Waals surface area contributed by atoms with Gasteiger partial charge in [0, 0.05) is 23.8 Å². The van der Waals surface area contributed by atoms with E-state index < -0.39 is 35.2 Å². The molecule has 9 nitrogen and oxygen atoms in total. The number of piperazine rings is 1. The first-order valence-corrected chi connectivity index (χ1v) is 17.0. The summed E-state index contributed by atoms with van der Waals surface area (Å²) in [5.74, 6) is -5.65. The smallest absolute Gasteiger partial charge is 0.319 e. The molecule has 47 heavy (non-hydrogen) atoms. The maximum Gasteiger partial charge on any atom is 0.319 e. The van der Waals surface area contributed by atoms with E-state index in [0.717, 1.165) is 50.1 Å². The Morgan fingerprint density at radius 1 is 1.11 bits per heavy atom. The molecule has 0 unspecified atom stereocenters. The SMILES string of the molecule is C[C@H]1Cc2nc(-c3ccc(F)c4sc(N)c(C#N)c34)c(F)c3nc(OCC45CCCN4CCC5)nc(c23)N2C[C@@]3(F)CC[C@](F)(N3)[C@H]12. The molecule has 1 aromatic carbocycles. The van der Waals surface area contributed by atoms with E-state index in [9.17, 15) is 9.65 Å². The van der Waals surface area contributed by atoms with Crippen LogP contribution in [0, 0.1) is 28.9 Å². The number of nitrogens with two attached hydrogens (primary N) is 1. The summed E-state index contributed by atoms with van der Waals surface area (Å²) in [7, 11) is 0. The fraction of sp³-hybridized carbons (Fsp3) is 0.515. The van der Waals surface area contributed by atoms with Crippen LogP contribution in [0.2, 0.25) is 0 Å². The van der Waals surface area contributed by atoms with Gasteiger partial charge in [0.1, 0.15) is 40.5 Å². The molecule has 4 aromatic rings. The summed E-state index contributed by atoms with van der Waals surface area (Å²) in [6.45, 7) is 3.97. The third-order valence-corrected chi connectivity index (χ3v) is 12.2. The molecule has 3 aromatic heterocycles. The summed E-state index contributed by atoms with van der Waals surface area (Å²) in [6, 6.07) is 3.72. The molecule has 0 saturated carbocycles. The lowest BCUT2D eigenvalue weighted by Crippen LogP contribution is -2.69. The molecule has 8 heterocycles. The number of thiophene rings is 1. The molecular formula is C33H32F4N8OS. The van der Waals surface area contributed by atoms with Crippen molar-refractivity contribution < 1.29 is 22.3 Å². The van der Waals surface area contributed by atoms with E-state index >= 15 is 13.2 Å². The van der Waals surface area contributed by atoms with E-state index in [2.05, 4.69) is 15.2 Å². The number of pyridine rings is 1. The number of nitrogens with zero attached hydrogens (tertiary/aromatic N) is 6. The Hall–Kier alpha value is -3.80. The number of rotatable bonds is 4. The van der Waals surface area contributed by atoms with Gasteiger partial charge in [-0.2, -0.15) is 15.2 Å².